The van der Waals surface area contributed by atoms with Gasteiger partial charge < -0.3 is 20.5 Å². The van der Waals surface area contributed by atoms with Gasteiger partial charge >= 0.3 is 0 Å². The van der Waals surface area contributed by atoms with Gasteiger partial charge in [0.05, 0.1) is 18.3 Å². The second-order valence-electron chi connectivity index (χ2n) is 8.13. The Kier molecular flexibility index (Phi) is 6.45. The Hall–Kier alpha value is -3.14. The van der Waals surface area contributed by atoms with Crippen molar-refractivity contribution in [3.05, 3.63) is 53.1 Å². The lowest BCUT2D eigenvalue weighted by Gasteiger charge is -2.26. The van der Waals surface area contributed by atoms with Gasteiger partial charge in [0.25, 0.3) is 18.2 Å². The lowest BCUT2D eigenvalue weighted by molar-refractivity contribution is -0.131. The summed E-state index contributed by atoms with van der Waals surface area (Å²) in [5.74, 6) is -3.84. The highest BCUT2D eigenvalue weighted by atomic mass is 19.3. The molecule has 0 saturated carbocycles. The maximum absolute atomic E-state index is 14.8. The average molecular weight is 451 g/mol. The molecule has 1 saturated heterocycles. The van der Waals surface area contributed by atoms with Crippen LogP contribution in [0.15, 0.2) is 30.5 Å². The smallest absolute Gasteiger partial charge is 0.267 e. The molecule has 2 aromatic rings. The summed E-state index contributed by atoms with van der Waals surface area (Å²) in [6.45, 7) is 5.39. The van der Waals surface area contributed by atoms with Crippen LogP contribution in [0.3, 0.4) is 0 Å². The second-order valence-corrected chi connectivity index (χ2v) is 8.13. The minimum absolute atomic E-state index is 0.0354. The van der Waals surface area contributed by atoms with Gasteiger partial charge in [0, 0.05) is 23.4 Å². The third kappa shape index (κ3) is 4.27. The van der Waals surface area contributed by atoms with Gasteiger partial charge in [-0.1, -0.05) is 13.0 Å². The number of nitrogens with one attached hydrogen (secondary N) is 1. The zero-order chi connectivity index (χ0) is 23.8. The number of amides is 2. The highest BCUT2D eigenvalue weighted by molar-refractivity contribution is 5.97. The molecule has 1 aliphatic heterocycles. The van der Waals surface area contributed by atoms with Crippen molar-refractivity contribution in [2.75, 3.05) is 12.4 Å². The van der Waals surface area contributed by atoms with Gasteiger partial charge in [-0.2, -0.15) is 0 Å². The van der Waals surface area contributed by atoms with Crippen LogP contribution in [0.1, 0.15) is 54.7 Å². The van der Waals surface area contributed by atoms with Gasteiger partial charge in [0.2, 0.25) is 0 Å². The maximum Gasteiger partial charge on any atom is 0.267 e. The van der Waals surface area contributed by atoms with E-state index in [-0.39, 0.29) is 28.6 Å². The lowest BCUT2D eigenvalue weighted by atomic mass is 9.77. The number of primary amides is 1. The minimum Gasteiger partial charge on any atom is -0.493 e. The fourth-order valence-electron chi connectivity index (χ4n) is 3.93. The standard InChI is InChI=1S/C22H24F3N3O4/c1-10-15(12-5-6-13(19(24)25)16(23)17(12)31-4)18(32-22(10,2)3)21(30)28-11-7-8-27-14(9-11)20(26)29/h5-10,15,18-19H,1-4H3,(H2,26,29)(H,27,28,30)/t10-,15-,18-/m0/s1. The first-order valence-electron chi connectivity index (χ1n) is 9.87. The quantitative estimate of drug-likeness (QED) is 0.695. The van der Waals surface area contributed by atoms with E-state index in [1.807, 2.05) is 6.92 Å². The van der Waals surface area contributed by atoms with Crippen molar-refractivity contribution in [3.8, 4) is 5.75 Å². The SMILES string of the molecule is COc1c([C@H]2[C@@H](C(=O)Nc3ccnc(C(N)=O)c3)OC(C)(C)[C@H]2C)ccc(C(F)F)c1F. The number of nitrogens with zero attached hydrogens (tertiary/aromatic N) is 1. The molecular weight excluding hydrogens is 427 g/mol. The predicted molar refractivity (Wildman–Crippen MR) is 110 cm³/mol. The fourth-order valence-corrected chi connectivity index (χ4v) is 3.93. The topological polar surface area (TPSA) is 104 Å². The number of hydrogen-bond donors (Lipinski definition) is 2. The molecule has 3 N–H and O–H groups in total. The van der Waals surface area contributed by atoms with Crippen LogP contribution in [-0.4, -0.2) is 35.6 Å². The number of carbonyl (C=O) groups is 2. The monoisotopic (exact) mass is 451 g/mol. The molecule has 0 radical (unpaired) electrons. The summed E-state index contributed by atoms with van der Waals surface area (Å²) >= 11 is 0. The van der Waals surface area contributed by atoms with Crippen LogP contribution in [0.25, 0.3) is 0 Å². The van der Waals surface area contributed by atoms with Crippen LogP contribution in [0.4, 0.5) is 18.9 Å². The largest absolute Gasteiger partial charge is 0.493 e. The maximum atomic E-state index is 14.8. The normalized spacial score (nSPS) is 22.1. The molecular formula is C22H24F3N3O4. The van der Waals surface area contributed by atoms with Crippen LogP contribution < -0.4 is 15.8 Å². The highest BCUT2D eigenvalue weighted by Gasteiger charge is 2.51. The van der Waals surface area contributed by atoms with E-state index in [2.05, 4.69) is 10.3 Å². The van der Waals surface area contributed by atoms with Crippen molar-refractivity contribution >= 4 is 17.5 Å². The molecule has 1 fully saturated rings. The number of nitrogens with two attached hydrogens (primary N) is 1. The molecule has 1 aromatic heterocycles. The molecule has 1 aliphatic rings. The Balaban J connectivity index is 2.01. The molecule has 2 amide bonds. The Morgan fingerprint density at radius 3 is 2.56 bits per heavy atom. The molecule has 1 aromatic carbocycles. The van der Waals surface area contributed by atoms with Crippen LogP contribution in [0.5, 0.6) is 5.75 Å². The van der Waals surface area contributed by atoms with E-state index in [0.29, 0.717) is 0 Å². The van der Waals surface area contributed by atoms with Crippen molar-refractivity contribution in [1.29, 1.82) is 0 Å². The molecule has 3 rings (SSSR count). The summed E-state index contributed by atoms with van der Waals surface area (Å²) < 4.78 is 52.2. The Labute approximate surface area is 183 Å². The summed E-state index contributed by atoms with van der Waals surface area (Å²) in [6.07, 6.45) is -2.79. The van der Waals surface area contributed by atoms with Gasteiger partial charge in [-0.3, -0.25) is 14.6 Å². The number of anilines is 1. The zero-order valence-corrected chi connectivity index (χ0v) is 18.0. The Bertz CT molecular complexity index is 1050. The molecule has 172 valence electrons. The first-order valence-corrected chi connectivity index (χ1v) is 9.87. The summed E-state index contributed by atoms with van der Waals surface area (Å²) in [7, 11) is 1.18. The predicted octanol–water partition coefficient (Wildman–Crippen LogP) is 3.80. The number of ether oxygens (including phenoxy) is 2. The summed E-state index contributed by atoms with van der Waals surface area (Å²) in [5, 5.41) is 2.65. The number of alkyl halides is 2. The van der Waals surface area contributed by atoms with Crippen LogP contribution >= 0.6 is 0 Å². The minimum atomic E-state index is -3.02. The van der Waals surface area contributed by atoms with Crippen molar-refractivity contribution in [1.82, 2.24) is 4.98 Å². The van der Waals surface area contributed by atoms with E-state index < -0.39 is 47.2 Å². The van der Waals surface area contributed by atoms with Gasteiger partial charge in [0.1, 0.15) is 11.8 Å². The third-order valence-corrected chi connectivity index (χ3v) is 5.89. The van der Waals surface area contributed by atoms with E-state index in [9.17, 15) is 22.8 Å². The average Bonchev–Trinajstić information content (AvgIpc) is 2.97. The first-order chi connectivity index (χ1) is 15.0. The van der Waals surface area contributed by atoms with E-state index in [4.69, 9.17) is 15.2 Å². The van der Waals surface area contributed by atoms with Crippen LogP contribution in [0, 0.1) is 11.7 Å². The number of pyridine rings is 1. The molecule has 0 spiro atoms. The Morgan fingerprint density at radius 1 is 1.28 bits per heavy atom. The van der Waals surface area contributed by atoms with E-state index in [0.717, 1.165) is 6.07 Å². The first kappa shape index (κ1) is 23.5. The number of aromatic nitrogens is 1. The van der Waals surface area contributed by atoms with E-state index >= 15 is 0 Å². The summed E-state index contributed by atoms with van der Waals surface area (Å²) in [4.78, 5) is 28.3. The lowest BCUT2D eigenvalue weighted by Crippen LogP contribution is -2.33. The molecule has 32 heavy (non-hydrogen) atoms. The van der Waals surface area contributed by atoms with Crippen molar-refractivity contribution in [2.45, 2.75) is 44.8 Å². The Morgan fingerprint density at radius 2 is 1.97 bits per heavy atom. The zero-order valence-electron chi connectivity index (χ0n) is 18.0. The third-order valence-electron chi connectivity index (χ3n) is 5.89. The highest BCUT2D eigenvalue weighted by Crippen LogP contribution is 2.49. The second kappa shape index (κ2) is 8.78. The number of hydrogen-bond acceptors (Lipinski definition) is 5. The molecule has 7 nitrogen and oxygen atoms in total. The molecule has 0 unspecified atom stereocenters. The molecule has 0 aliphatic carbocycles. The van der Waals surface area contributed by atoms with Crippen molar-refractivity contribution in [2.24, 2.45) is 11.7 Å². The number of halogens is 3. The summed E-state index contributed by atoms with van der Waals surface area (Å²) in [6, 6.07) is 5.12. The number of carbonyl (C=O) groups excluding carboxylic acids is 2. The number of rotatable bonds is 6. The van der Waals surface area contributed by atoms with Gasteiger partial charge in [-0.05, 0) is 38.0 Å². The van der Waals surface area contributed by atoms with Crippen molar-refractivity contribution < 1.29 is 32.2 Å². The fraction of sp³-hybridized carbons (Fsp3) is 0.409. The van der Waals surface area contributed by atoms with E-state index in [1.165, 1.54) is 31.5 Å². The number of benzene rings is 1. The van der Waals surface area contributed by atoms with Crippen molar-refractivity contribution in [3.63, 3.8) is 0 Å². The molecule has 0 bridgehead atoms. The van der Waals surface area contributed by atoms with E-state index in [1.54, 1.807) is 13.8 Å². The summed E-state index contributed by atoms with van der Waals surface area (Å²) in [5.41, 5.74) is 4.14. The molecule has 2 heterocycles. The van der Waals surface area contributed by atoms with Crippen LogP contribution in [-0.2, 0) is 9.53 Å². The number of methoxy groups -OCH3 is 1. The molecule has 3 atom stereocenters. The van der Waals surface area contributed by atoms with Gasteiger partial charge in [-0.15, -0.1) is 0 Å². The molecule has 10 heteroatoms. The van der Waals surface area contributed by atoms with Gasteiger partial charge in [-0.25, -0.2) is 13.2 Å². The van der Waals surface area contributed by atoms with Gasteiger partial charge in [0.15, 0.2) is 11.6 Å². The van der Waals surface area contributed by atoms with Crippen LogP contribution in [0.2, 0.25) is 0 Å².